The van der Waals surface area contributed by atoms with Crippen LogP contribution in [0.5, 0.6) is 0 Å². The molecule has 0 aromatic carbocycles. The molecule has 10 heavy (non-hydrogen) atoms. The van der Waals surface area contributed by atoms with Crippen LogP contribution in [0.15, 0.2) is 0 Å². The van der Waals surface area contributed by atoms with E-state index >= 15 is 0 Å². The molecule has 0 spiro atoms. The molecule has 0 saturated heterocycles. The van der Waals surface area contributed by atoms with Gasteiger partial charge in [-0.3, -0.25) is 0 Å². The van der Waals surface area contributed by atoms with Crippen molar-refractivity contribution in [3.8, 4) is 0 Å². The van der Waals surface area contributed by atoms with Crippen LogP contribution in [0.2, 0.25) is 0 Å². The summed E-state index contributed by atoms with van der Waals surface area (Å²) in [4.78, 5) is 10.8. The fourth-order valence-corrected chi connectivity index (χ4v) is 0.566. The lowest BCUT2D eigenvalue weighted by atomic mass is 10.4. The molecule has 0 rings (SSSR count). The van der Waals surface area contributed by atoms with Crippen molar-refractivity contribution in [2.75, 3.05) is 0 Å². The number of nitrogens with one attached hydrogen (secondary N) is 2. The molecule has 0 heterocycles. The molecule has 0 aromatic heterocycles. The molecule has 2 amide bonds. The summed E-state index contributed by atoms with van der Waals surface area (Å²) in [6, 6.07) is 0.322. The predicted molar refractivity (Wildman–Crippen MR) is 41.9 cm³/mol. The van der Waals surface area contributed by atoms with E-state index in [2.05, 4.69) is 10.6 Å². The highest BCUT2D eigenvalue weighted by Crippen LogP contribution is 1.79. The Morgan fingerprint density at radius 2 is 1.30 bits per heavy atom. The van der Waals surface area contributed by atoms with Crippen LogP contribution in [-0.4, -0.2) is 18.1 Å². The quantitative estimate of drug-likeness (QED) is 0.598. The van der Waals surface area contributed by atoms with Gasteiger partial charge < -0.3 is 10.6 Å². The van der Waals surface area contributed by atoms with Crippen molar-refractivity contribution >= 4 is 6.03 Å². The SMILES string of the molecule is CC(C)NC(=O)NC(C)C. The minimum Gasteiger partial charge on any atom is -0.336 e. The van der Waals surface area contributed by atoms with Gasteiger partial charge in [-0.1, -0.05) is 0 Å². The van der Waals surface area contributed by atoms with Crippen molar-refractivity contribution in [3.05, 3.63) is 0 Å². The van der Waals surface area contributed by atoms with E-state index in [0.29, 0.717) is 0 Å². The van der Waals surface area contributed by atoms with E-state index in [9.17, 15) is 4.79 Å². The Morgan fingerprint density at radius 1 is 1.00 bits per heavy atom. The van der Waals surface area contributed by atoms with Gasteiger partial charge in [0, 0.05) is 12.1 Å². The lowest BCUT2D eigenvalue weighted by Gasteiger charge is -2.11. The molecule has 0 fully saturated rings. The Hall–Kier alpha value is -0.730. The van der Waals surface area contributed by atoms with E-state index in [4.69, 9.17) is 0 Å². The van der Waals surface area contributed by atoms with E-state index in [0.717, 1.165) is 0 Å². The van der Waals surface area contributed by atoms with Crippen molar-refractivity contribution in [2.24, 2.45) is 0 Å². The van der Waals surface area contributed by atoms with Crippen molar-refractivity contribution in [1.29, 1.82) is 0 Å². The van der Waals surface area contributed by atoms with Gasteiger partial charge in [-0.2, -0.15) is 0 Å². The van der Waals surface area contributed by atoms with Crippen LogP contribution >= 0.6 is 0 Å². The Balaban J connectivity index is 3.44. The van der Waals surface area contributed by atoms with Gasteiger partial charge in [0.2, 0.25) is 0 Å². The summed E-state index contributed by atoms with van der Waals surface area (Å²) >= 11 is 0. The van der Waals surface area contributed by atoms with Gasteiger partial charge >= 0.3 is 6.03 Å². The average Bonchev–Trinajstić information content (AvgIpc) is 1.58. The number of hydrogen-bond donors (Lipinski definition) is 2. The second kappa shape index (κ2) is 4.14. The third-order valence-electron chi connectivity index (χ3n) is 0.840. The van der Waals surface area contributed by atoms with Gasteiger partial charge in [0.05, 0.1) is 0 Å². The average molecular weight is 144 g/mol. The highest BCUT2D eigenvalue weighted by atomic mass is 16.2. The second-order valence-corrected chi connectivity index (χ2v) is 2.93. The van der Waals surface area contributed by atoms with Gasteiger partial charge in [0.15, 0.2) is 0 Å². The summed E-state index contributed by atoms with van der Waals surface area (Å²) < 4.78 is 0. The predicted octanol–water partition coefficient (Wildman–Crippen LogP) is 1.10. The first kappa shape index (κ1) is 9.27. The number of hydrogen-bond acceptors (Lipinski definition) is 1. The van der Waals surface area contributed by atoms with Crippen LogP contribution in [0.25, 0.3) is 0 Å². The number of amides is 2. The summed E-state index contributed by atoms with van der Waals surface area (Å²) in [5.41, 5.74) is 0. The first-order valence-corrected chi connectivity index (χ1v) is 3.59. The summed E-state index contributed by atoms with van der Waals surface area (Å²) in [5.74, 6) is 0. The highest BCUT2D eigenvalue weighted by Gasteiger charge is 2.02. The molecule has 0 aliphatic rings. The molecule has 0 aliphatic heterocycles. The molecule has 0 aliphatic carbocycles. The Bertz CT molecular complexity index is 98.2. The van der Waals surface area contributed by atoms with Gasteiger partial charge in [-0.05, 0) is 27.7 Å². The molecule has 3 heteroatoms. The molecule has 0 bridgehead atoms. The van der Waals surface area contributed by atoms with Gasteiger partial charge in [-0.15, -0.1) is 0 Å². The van der Waals surface area contributed by atoms with Crippen LogP contribution in [0.1, 0.15) is 27.7 Å². The van der Waals surface area contributed by atoms with Gasteiger partial charge in [0.1, 0.15) is 0 Å². The number of carbonyl (C=O) groups excluding carboxylic acids is 1. The second-order valence-electron chi connectivity index (χ2n) is 2.93. The van der Waals surface area contributed by atoms with Crippen molar-refractivity contribution in [2.45, 2.75) is 39.8 Å². The van der Waals surface area contributed by atoms with Crippen molar-refractivity contribution in [1.82, 2.24) is 10.6 Å². The Kier molecular flexibility index (Phi) is 3.84. The number of carbonyl (C=O) groups is 1. The van der Waals surface area contributed by atoms with Crippen LogP contribution in [0.3, 0.4) is 0 Å². The molecule has 0 unspecified atom stereocenters. The standard InChI is InChI=1S/C7H16N2O/c1-5(2)8-7(10)9-6(3)4/h5-6H,1-4H3,(H2,8,9,10). The van der Waals surface area contributed by atoms with E-state index in [-0.39, 0.29) is 18.1 Å². The van der Waals surface area contributed by atoms with E-state index < -0.39 is 0 Å². The molecule has 0 saturated carbocycles. The molecule has 3 nitrogen and oxygen atoms in total. The normalized spacial score (nSPS) is 10.2. The molecule has 60 valence electrons. The summed E-state index contributed by atoms with van der Waals surface area (Å²) in [7, 11) is 0. The van der Waals surface area contributed by atoms with Crippen LogP contribution in [0, 0.1) is 0 Å². The molecular weight excluding hydrogens is 128 g/mol. The highest BCUT2D eigenvalue weighted by molar-refractivity contribution is 5.74. The molecule has 0 atom stereocenters. The first-order chi connectivity index (χ1) is 4.52. The minimum absolute atomic E-state index is 0.0926. The molecular formula is C7H16N2O. The van der Waals surface area contributed by atoms with E-state index in [1.807, 2.05) is 27.7 Å². The topological polar surface area (TPSA) is 41.1 Å². The Labute approximate surface area is 62.2 Å². The Morgan fingerprint density at radius 3 is 1.50 bits per heavy atom. The molecule has 0 aromatic rings. The fraction of sp³-hybridized carbons (Fsp3) is 0.857. The van der Waals surface area contributed by atoms with Crippen LogP contribution < -0.4 is 10.6 Å². The zero-order valence-electron chi connectivity index (χ0n) is 7.06. The van der Waals surface area contributed by atoms with Crippen LogP contribution in [0.4, 0.5) is 4.79 Å². The maximum absolute atomic E-state index is 10.8. The summed E-state index contributed by atoms with van der Waals surface area (Å²) in [6.45, 7) is 7.72. The first-order valence-electron chi connectivity index (χ1n) is 3.59. The van der Waals surface area contributed by atoms with Gasteiger partial charge in [0.25, 0.3) is 0 Å². The lowest BCUT2D eigenvalue weighted by molar-refractivity contribution is 0.236. The van der Waals surface area contributed by atoms with Crippen molar-refractivity contribution < 1.29 is 4.79 Å². The zero-order chi connectivity index (χ0) is 8.15. The lowest BCUT2D eigenvalue weighted by Crippen LogP contribution is -2.42. The largest absolute Gasteiger partial charge is 0.336 e. The minimum atomic E-state index is -0.0926. The van der Waals surface area contributed by atoms with Crippen molar-refractivity contribution in [3.63, 3.8) is 0 Å². The number of urea groups is 1. The van der Waals surface area contributed by atoms with Crippen LogP contribution in [-0.2, 0) is 0 Å². The molecule has 2 N–H and O–H groups in total. The maximum Gasteiger partial charge on any atom is 0.315 e. The third-order valence-corrected chi connectivity index (χ3v) is 0.840. The van der Waals surface area contributed by atoms with Gasteiger partial charge in [-0.25, -0.2) is 4.79 Å². The summed E-state index contributed by atoms with van der Waals surface area (Å²) in [6.07, 6.45) is 0. The fourth-order valence-electron chi connectivity index (χ4n) is 0.566. The van der Waals surface area contributed by atoms with E-state index in [1.165, 1.54) is 0 Å². The third kappa shape index (κ3) is 5.41. The summed E-state index contributed by atoms with van der Waals surface area (Å²) in [5, 5.41) is 5.45. The zero-order valence-corrected chi connectivity index (χ0v) is 7.06. The monoisotopic (exact) mass is 144 g/mol. The molecule has 0 radical (unpaired) electrons. The smallest absolute Gasteiger partial charge is 0.315 e. The maximum atomic E-state index is 10.8. The number of rotatable bonds is 2. The van der Waals surface area contributed by atoms with E-state index in [1.54, 1.807) is 0 Å².